The minimum absolute atomic E-state index is 0.0677. The molecular formula is C24H29FN6O3. The highest BCUT2D eigenvalue weighted by molar-refractivity contribution is 5.89. The van der Waals surface area contributed by atoms with Crippen LogP contribution in [0.25, 0.3) is 0 Å². The molecule has 1 saturated heterocycles. The van der Waals surface area contributed by atoms with Crippen molar-refractivity contribution in [3.8, 4) is 0 Å². The van der Waals surface area contributed by atoms with Crippen LogP contribution in [0.5, 0.6) is 0 Å². The van der Waals surface area contributed by atoms with Crippen molar-refractivity contribution in [1.82, 2.24) is 19.8 Å². The molecule has 1 fully saturated rings. The molecule has 0 bridgehead atoms. The van der Waals surface area contributed by atoms with E-state index in [1.807, 2.05) is 19.9 Å². The molecule has 4 rings (SSSR count). The summed E-state index contributed by atoms with van der Waals surface area (Å²) in [5, 5.41) is 3.19. The van der Waals surface area contributed by atoms with Crippen LogP contribution in [0, 0.1) is 5.82 Å². The number of aromatic nitrogens is 2. The molecule has 2 aliphatic heterocycles. The average molecular weight is 469 g/mol. The summed E-state index contributed by atoms with van der Waals surface area (Å²) in [5.41, 5.74) is 2.11. The number of anilines is 2. The summed E-state index contributed by atoms with van der Waals surface area (Å²) in [7, 11) is 0. The average Bonchev–Trinajstić information content (AvgIpc) is 2.85. The fourth-order valence-electron chi connectivity index (χ4n) is 4.12. The molecular weight excluding hydrogens is 439 g/mol. The molecule has 0 spiro atoms. The molecule has 34 heavy (non-hydrogen) atoms. The van der Waals surface area contributed by atoms with Crippen LogP contribution in [0.3, 0.4) is 0 Å². The summed E-state index contributed by atoms with van der Waals surface area (Å²) in [5.74, 6) is 0.541. The molecule has 1 aromatic heterocycles. The second-order valence-electron chi connectivity index (χ2n) is 8.36. The quantitative estimate of drug-likeness (QED) is 0.625. The van der Waals surface area contributed by atoms with Crippen LogP contribution in [-0.2, 0) is 22.7 Å². The second-order valence-corrected chi connectivity index (χ2v) is 8.36. The number of amides is 2. The molecule has 2 amide bonds. The molecule has 9 nitrogen and oxygen atoms in total. The van der Waals surface area contributed by atoms with E-state index in [9.17, 15) is 14.0 Å². The van der Waals surface area contributed by atoms with Gasteiger partial charge in [0.2, 0.25) is 11.9 Å². The van der Waals surface area contributed by atoms with Crippen molar-refractivity contribution in [3.63, 3.8) is 0 Å². The van der Waals surface area contributed by atoms with Crippen LogP contribution >= 0.6 is 0 Å². The van der Waals surface area contributed by atoms with Crippen molar-refractivity contribution in [2.24, 2.45) is 0 Å². The summed E-state index contributed by atoms with van der Waals surface area (Å²) in [6.07, 6.45) is 2.53. The van der Waals surface area contributed by atoms with Gasteiger partial charge in [-0.2, -0.15) is 4.98 Å². The summed E-state index contributed by atoms with van der Waals surface area (Å²) in [6.45, 7) is 10.9. The first-order valence-corrected chi connectivity index (χ1v) is 11.4. The van der Waals surface area contributed by atoms with E-state index in [0.717, 1.165) is 11.1 Å². The number of rotatable bonds is 7. The van der Waals surface area contributed by atoms with E-state index in [1.165, 1.54) is 17.0 Å². The molecule has 2 aromatic rings. The number of carbonyl (C=O) groups excluding carboxylic acids is 2. The van der Waals surface area contributed by atoms with E-state index in [4.69, 9.17) is 4.74 Å². The molecule has 0 saturated carbocycles. The number of cyclic esters (lactones) is 1. The van der Waals surface area contributed by atoms with Gasteiger partial charge in [-0.15, -0.1) is 0 Å². The Balaban J connectivity index is 1.39. The summed E-state index contributed by atoms with van der Waals surface area (Å²) < 4.78 is 20.0. The van der Waals surface area contributed by atoms with E-state index in [2.05, 4.69) is 26.8 Å². The molecule has 180 valence electrons. The lowest BCUT2D eigenvalue weighted by molar-refractivity contribution is -0.127. The lowest BCUT2D eigenvalue weighted by Crippen LogP contribution is -2.47. The molecule has 0 radical (unpaired) electrons. The highest BCUT2D eigenvalue weighted by Crippen LogP contribution is 2.27. The normalized spacial score (nSPS) is 17.1. The number of piperazine rings is 1. The first-order chi connectivity index (χ1) is 16.4. The Kier molecular flexibility index (Phi) is 7.06. The maximum atomic E-state index is 14.9. The Morgan fingerprint density at radius 3 is 2.76 bits per heavy atom. The predicted molar refractivity (Wildman–Crippen MR) is 126 cm³/mol. The fourth-order valence-corrected chi connectivity index (χ4v) is 4.12. The van der Waals surface area contributed by atoms with Crippen molar-refractivity contribution in [1.29, 1.82) is 0 Å². The van der Waals surface area contributed by atoms with Gasteiger partial charge in [0.25, 0.3) is 0 Å². The number of carbonyl (C=O) groups is 2. The van der Waals surface area contributed by atoms with Crippen LogP contribution < -0.4 is 10.2 Å². The number of ether oxygens (including phenoxy) is 1. The van der Waals surface area contributed by atoms with E-state index in [1.54, 1.807) is 17.2 Å². The minimum atomic E-state index is -0.431. The SMILES string of the molecule is C=CC(=O)N1CCN(Cc2ccc([C@H](C)Nc3ncc4c(n3)N(CC)C(=O)OC4)cc2F)CC1. The van der Waals surface area contributed by atoms with Gasteiger partial charge in [-0.05, 0) is 31.6 Å². The number of halogens is 1. The zero-order valence-electron chi connectivity index (χ0n) is 19.5. The molecule has 1 atom stereocenters. The Hall–Kier alpha value is -3.53. The maximum Gasteiger partial charge on any atom is 0.415 e. The van der Waals surface area contributed by atoms with Crippen LogP contribution in [0.15, 0.2) is 37.1 Å². The highest BCUT2D eigenvalue weighted by atomic mass is 19.1. The Morgan fingerprint density at radius 2 is 2.09 bits per heavy atom. The predicted octanol–water partition coefficient (Wildman–Crippen LogP) is 3.10. The Morgan fingerprint density at radius 1 is 1.32 bits per heavy atom. The van der Waals surface area contributed by atoms with Gasteiger partial charge < -0.3 is 15.0 Å². The lowest BCUT2D eigenvalue weighted by Gasteiger charge is -2.34. The lowest BCUT2D eigenvalue weighted by atomic mass is 10.0. The smallest absolute Gasteiger partial charge is 0.415 e. The third-order valence-electron chi connectivity index (χ3n) is 6.16. The van der Waals surface area contributed by atoms with Crippen molar-refractivity contribution in [2.75, 3.05) is 42.9 Å². The standard InChI is InChI=1S/C24H29FN6O3/c1-4-21(32)30-10-8-29(9-11-30)14-18-7-6-17(12-20(18)25)16(3)27-23-26-13-19-15-34-24(33)31(5-2)22(19)28-23/h4,6-7,12-13,16H,1,5,8-11,14-15H2,2-3H3,(H,26,27,28)/t16-/m0/s1. The number of nitrogens with one attached hydrogen (secondary N) is 1. The van der Waals surface area contributed by atoms with Crippen LogP contribution in [0.4, 0.5) is 21.0 Å². The van der Waals surface area contributed by atoms with Crippen LogP contribution in [0.2, 0.25) is 0 Å². The largest absolute Gasteiger partial charge is 0.444 e. The van der Waals surface area contributed by atoms with Gasteiger partial charge in [-0.3, -0.25) is 14.6 Å². The van der Waals surface area contributed by atoms with Crippen LogP contribution in [-0.4, -0.2) is 64.5 Å². The molecule has 3 heterocycles. The zero-order chi connectivity index (χ0) is 24.2. The summed E-state index contributed by atoms with van der Waals surface area (Å²) in [6, 6.07) is 4.97. The minimum Gasteiger partial charge on any atom is -0.444 e. The summed E-state index contributed by atoms with van der Waals surface area (Å²) in [4.78, 5) is 37.9. The molecule has 10 heteroatoms. The zero-order valence-corrected chi connectivity index (χ0v) is 19.5. The maximum absolute atomic E-state index is 14.9. The van der Waals surface area contributed by atoms with Gasteiger partial charge in [0.05, 0.1) is 11.6 Å². The fraction of sp³-hybridized carbons (Fsp3) is 0.417. The highest BCUT2D eigenvalue weighted by Gasteiger charge is 2.27. The number of hydrogen-bond donors (Lipinski definition) is 1. The van der Waals surface area contributed by atoms with Gasteiger partial charge in [0.15, 0.2) is 0 Å². The van der Waals surface area contributed by atoms with Gasteiger partial charge in [-0.25, -0.2) is 14.2 Å². The van der Waals surface area contributed by atoms with E-state index >= 15 is 0 Å². The number of fused-ring (bicyclic) bond motifs is 1. The van der Waals surface area contributed by atoms with Gasteiger partial charge in [0.1, 0.15) is 18.2 Å². The summed E-state index contributed by atoms with van der Waals surface area (Å²) >= 11 is 0. The van der Waals surface area contributed by atoms with E-state index in [0.29, 0.717) is 56.6 Å². The van der Waals surface area contributed by atoms with Crippen molar-refractivity contribution in [2.45, 2.75) is 33.0 Å². The van der Waals surface area contributed by atoms with E-state index < -0.39 is 6.09 Å². The first kappa shape index (κ1) is 23.6. The molecule has 2 aliphatic rings. The monoisotopic (exact) mass is 468 g/mol. The number of hydrogen-bond acceptors (Lipinski definition) is 7. The van der Waals surface area contributed by atoms with Gasteiger partial charge in [-0.1, -0.05) is 18.7 Å². The van der Waals surface area contributed by atoms with E-state index in [-0.39, 0.29) is 24.4 Å². The number of benzene rings is 1. The third-order valence-corrected chi connectivity index (χ3v) is 6.16. The van der Waals surface area contributed by atoms with Gasteiger partial charge in [0, 0.05) is 51.0 Å². The topological polar surface area (TPSA) is 90.9 Å². The first-order valence-electron chi connectivity index (χ1n) is 11.4. The molecule has 1 N–H and O–H groups in total. The Bertz CT molecular complexity index is 1090. The Labute approximate surface area is 198 Å². The van der Waals surface area contributed by atoms with Crippen LogP contribution in [0.1, 0.15) is 36.6 Å². The van der Waals surface area contributed by atoms with Crippen molar-refractivity contribution >= 4 is 23.8 Å². The molecule has 0 unspecified atom stereocenters. The molecule has 1 aromatic carbocycles. The third kappa shape index (κ3) is 5.01. The second kappa shape index (κ2) is 10.2. The van der Waals surface area contributed by atoms with Gasteiger partial charge >= 0.3 is 6.09 Å². The van der Waals surface area contributed by atoms with Crippen molar-refractivity contribution in [3.05, 3.63) is 59.6 Å². The molecule has 0 aliphatic carbocycles. The van der Waals surface area contributed by atoms with Crippen molar-refractivity contribution < 1.29 is 18.7 Å². The number of nitrogens with zero attached hydrogens (tertiary/aromatic N) is 5.